The second-order valence-electron chi connectivity index (χ2n) is 10.4. The number of aromatic nitrogens is 3. The maximum Gasteiger partial charge on any atom is 0.164 e. The van der Waals surface area contributed by atoms with Crippen LogP contribution < -0.4 is 0 Å². The molecule has 220 valence electrons. The fourth-order valence-electron chi connectivity index (χ4n) is 5.40. The van der Waals surface area contributed by atoms with E-state index < -0.39 is 141 Å². The number of furan rings is 1. The Morgan fingerprint density at radius 2 is 1.09 bits per heavy atom. The summed E-state index contributed by atoms with van der Waals surface area (Å²) in [6.45, 7) is 0. The van der Waals surface area contributed by atoms with Crippen LogP contribution in [0.3, 0.4) is 0 Å². The van der Waals surface area contributed by atoms with Crippen LogP contribution in [-0.4, -0.2) is 15.0 Å². The predicted octanol–water partition coefficient (Wildman–Crippen LogP) is 11.3. The number of hydrogen-bond donors (Lipinski definition) is 0. The number of fused-ring (bicyclic) bond motifs is 4. The molecule has 7 aromatic carbocycles. The van der Waals surface area contributed by atoms with Gasteiger partial charge in [-0.25, -0.2) is 15.0 Å². The van der Waals surface area contributed by atoms with E-state index in [0.717, 1.165) is 5.56 Å². The molecule has 47 heavy (non-hydrogen) atoms. The van der Waals surface area contributed by atoms with Gasteiger partial charge in [0.25, 0.3) is 0 Å². The van der Waals surface area contributed by atoms with Crippen molar-refractivity contribution in [2.75, 3.05) is 0 Å². The van der Waals surface area contributed by atoms with Gasteiger partial charge in [0, 0.05) is 27.5 Å². The minimum atomic E-state index is -0.772. The molecular formula is C43H27N3O. The lowest BCUT2D eigenvalue weighted by molar-refractivity contribution is 0.669. The summed E-state index contributed by atoms with van der Waals surface area (Å²) in [6, 6.07) is 8.40. The first-order valence-electron chi connectivity index (χ1n) is 22.4. The minimum Gasteiger partial charge on any atom is -0.456 e. The SMILES string of the molecule is [2H]c1c([2H])c([2H])c(-c2nc(-c3c([2H])c([2H])c4c([2H])c([2H])c(-c5c([2H])c([2H])c([2H])c([2H])c5[2H])c([2H])c4c3[2H])nc(-c3cc(-c4ccccc4)cc4oc5ccccc5c34)n2)c([2H])c1[2H]. The number of rotatable bonds is 5. The van der Waals surface area contributed by atoms with Gasteiger partial charge in [0.2, 0.25) is 0 Å². The van der Waals surface area contributed by atoms with Crippen molar-refractivity contribution in [3.05, 3.63) is 163 Å². The Morgan fingerprint density at radius 1 is 0.447 bits per heavy atom. The van der Waals surface area contributed by atoms with Gasteiger partial charge in [-0.1, -0.05) is 133 Å². The fraction of sp³-hybridized carbons (Fsp3) is 0. The molecule has 0 aliphatic rings. The van der Waals surface area contributed by atoms with E-state index in [1.165, 1.54) is 0 Å². The highest BCUT2D eigenvalue weighted by Crippen LogP contribution is 2.40. The molecule has 0 amide bonds. The Labute approximate surface area is 294 Å². The van der Waals surface area contributed by atoms with Crippen LogP contribution in [0.4, 0.5) is 0 Å². The van der Waals surface area contributed by atoms with Gasteiger partial charge in [0.15, 0.2) is 17.5 Å². The first-order chi connectivity index (χ1) is 29.9. The van der Waals surface area contributed by atoms with Crippen molar-refractivity contribution in [2.24, 2.45) is 0 Å². The van der Waals surface area contributed by atoms with Crippen LogP contribution in [0.25, 0.3) is 89.1 Å². The largest absolute Gasteiger partial charge is 0.456 e. The van der Waals surface area contributed by atoms with Gasteiger partial charge in [0.05, 0.1) is 21.9 Å². The maximum absolute atomic E-state index is 9.56. The molecule has 0 saturated heterocycles. The number of nitrogens with zero attached hydrogens (tertiary/aromatic N) is 3. The highest BCUT2D eigenvalue weighted by Gasteiger charge is 2.19. The van der Waals surface area contributed by atoms with E-state index in [4.69, 9.17) is 32.2 Å². The molecule has 0 radical (unpaired) electrons. The van der Waals surface area contributed by atoms with E-state index in [1.807, 2.05) is 42.5 Å². The molecule has 0 fully saturated rings. The molecule has 0 spiro atoms. The Kier molecular flexibility index (Phi) is 3.64. The molecular weight excluding hydrogens is 574 g/mol. The minimum absolute atomic E-state index is 0.157. The summed E-state index contributed by atoms with van der Waals surface area (Å²) < 4.78 is 146. The molecule has 2 heterocycles. The highest BCUT2D eigenvalue weighted by molar-refractivity contribution is 6.13. The zero-order valence-corrected chi connectivity index (χ0v) is 24.1. The van der Waals surface area contributed by atoms with Crippen LogP contribution in [0.1, 0.15) is 21.9 Å². The number of hydrogen-bond acceptors (Lipinski definition) is 4. The second-order valence-corrected chi connectivity index (χ2v) is 10.4. The summed E-state index contributed by atoms with van der Waals surface area (Å²) in [7, 11) is 0. The summed E-state index contributed by atoms with van der Waals surface area (Å²) in [5, 5.41) is 0.199. The predicted molar refractivity (Wildman–Crippen MR) is 192 cm³/mol. The van der Waals surface area contributed by atoms with E-state index in [0.29, 0.717) is 33.1 Å². The van der Waals surface area contributed by atoms with Crippen LogP contribution in [0, 0.1) is 0 Å². The van der Waals surface area contributed by atoms with Crippen molar-refractivity contribution >= 4 is 32.7 Å². The van der Waals surface area contributed by atoms with Gasteiger partial charge in [-0.3, -0.25) is 0 Å². The molecule has 0 aliphatic heterocycles. The van der Waals surface area contributed by atoms with E-state index in [-0.39, 0.29) is 5.82 Å². The van der Waals surface area contributed by atoms with E-state index in [1.54, 1.807) is 24.3 Å². The first-order valence-corrected chi connectivity index (χ1v) is 14.4. The number of para-hydroxylation sites is 1. The quantitative estimate of drug-likeness (QED) is 0.193. The Balaban J connectivity index is 1.43. The maximum atomic E-state index is 9.56. The third-order valence-corrected chi connectivity index (χ3v) is 7.53. The average molecular weight is 618 g/mol. The highest BCUT2D eigenvalue weighted by atomic mass is 16.3. The molecule has 0 N–H and O–H groups in total. The molecule has 2 aromatic heterocycles. The summed E-state index contributed by atoms with van der Waals surface area (Å²) in [5.74, 6) is -1.12. The van der Waals surface area contributed by atoms with Crippen LogP contribution in [0.5, 0.6) is 0 Å². The van der Waals surface area contributed by atoms with Crippen LogP contribution >= 0.6 is 0 Å². The lowest BCUT2D eigenvalue weighted by Crippen LogP contribution is -2.00. The summed E-state index contributed by atoms with van der Waals surface area (Å²) >= 11 is 0. The smallest absolute Gasteiger partial charge is 0.164 e. The van der Waals surface area contributed by atoms with Crippen molar-refractivity contribution < 1.29 is 26.3 Å². The van der Waals surface area contributed by atoms with Crippen molar-refractivity contribution in [3.63, 3.8) is 0 Å². The molecule has 9 rings (SSSR count). The van der Waals surface area contributed by atoms with Gasteiger partial charge in [-0.05, 0) is 63.3 Å². The second kappa shape index (κ2) is 11.2. The molecule has 0 unspecified atom stereocenters. The van der Waals surface area contributed by atoms with Crippen LogP contribution in [0.15, 0.2) is 168 Å². The Bertz CT molecular complexity index is 3430. The number of benzene rings is 7. The zero-order chi connectivity index (χ0) is 45.1. The Hall–Kier alpha value is -6.39. The van der Waals surface area contributed by atoms with Crippen LogP contribution in [0.2, 0.25) is 0 Å². The standard InChI is InChI=1S/C43H27N3O/c1-4-12-28(13-5-1)32-22-20-30-21-23-33(25-34(30)24-32)42-44-41(31-16-8-3-9-17-31)45-43(46-42)37-26-35(29-14-6-2-7-15-29)27-39-40(37)36-18-10-11-19-38(36)47-39/h1-27H/i1D,3D,4D,5D,8D,9D,12D,13D,16D,17D,20D,21D,22D,23D,24D,25D. The normalized spacial score (nSPS) is 16.2. The van der Waals surface area contributed by atoms with Crippen molar-refractivity contribution in [1.29, 1.82) is 0 Å². The van der Waals surface area contributed by atoms with Crippen LogP contribution in [-0.2, 0) is 0 Å². The van der Waals surface area contributed by atoms with Gasteiger partial charge >= 0.3 is 0 Å². The topological polar surface area (TPSA) is 51.8 Å². The summed E-state index contributed by atoms with van der Waals surface area (Å²) in [5.41, 5.74) is 0.553. The third-order valence-electron chi connectivity index (χ3n) is 7.53. The molecule has 0 bridgehead atoms. The lowest BCUT2D eigenvalue weighted by Gasteiger charge is -2.12. The van der Waals surface area contributed by atoms with Gasteiger partial charge < -0.3 is 4.42 Å². The monoisotopic (exact) mass is 617 g/mol. The fourth-order valence-corrected chi connectivity index (χ4v) is 5.40. The molecule has 0 saturated carbocycles. The zero-order valence-electron chi connectivity index (χ0n) is 40.1. The third kappa shape index (κ3) is 4.93. The van der Waals surface area contributed by atoms with Crippen molar-refractivity contribution in [3.8, 4) is 56.4 Å². The van der Waals surface area contributed by atoms with Gasteiger partial charge in [0.1, 0.15) is 11.2 Å². The average Bonchev–Trinajstić information content (AvgIpc) is 3.66. The molecule has 9 aromatic rings. The lowest BCUT2D eigenvalue weighted by atomic mass is 9.98. The van der Waals surface area contributed by atoms with Gasteiger partial charge in [-0.15, -0.1) is 0 Å². The van der Waals surface area contributed by atoms with E-state index >= 15 is 0 Å². The summed E-state index contributed by atoms with van der Waals surface area (Å²) in [6.07, 6.45) is 0. The Morgan fingerprint density at radius 3 is 1.87 bits per heavy atom. The molecule has 0 atom stereocenters. The molecule has 4 heteroatoms. The van der Waals surface area contributed by atoms with Crippen molar-refractivity contribution in [1.82, 2.24) is 15.0 Å². The van der Waals surface area contributed by atoms with E-state index in [9.17, 15) is 4.11 Å². The van der Waals surface area contributed by atoms with Crippen molar-refractivity contribution in [2.45, 2.75) is 0 Å². The van der Waals surface area contributed by atoms with Gasteiger partial charge in [-0.2, -0.15) is 0 Å². The first kappa shape index (κ1) is 15.3. The van der Waals surface area contributed by atoms with E-state index in [2.05, 4.69) is 4.98 Å². The summed E-state index contributed by atoms with van der Waals surface area (Å²) in [4.78, 5) is 14.0. The molecule has 4 nitrogen and oxygen atoms in total. The molecule has 0 aliphatic carbocycles.